The maximum Gasteiger partial charge on any atom is 0.330 e. The number of ether oxygens (including phenoxy) is 3. The van der Waals surface area contributed by atoms with Crippen molar-refractivity contribution >= 4 is 18.0 Å². The van der Waals surface area contributed by atoms with Gasteiger partial charge in [0.1, 0.15) is 42.8 Å². The molecule has 1 aliphatic heterocycles. The number of H-pyrrole nitrogens is 1. The number of hydrogen-bond donors (Lipinski definition) is 1. The third-order valence-corrected chi connectivity index (χ3v) is 3.80. The molecular weight excluding hydrogens is 372 g/mol. The van der Waals surface area contributed by atoms with Crippen molar-refractivity contribution < 1.29 is 23.8 Å². The number of esters is 2. The van der Waals surface area contributed by atoms with Crippen molar-refractivity contribution in [2.75, 3.05) is 6.61 Å². The van der Waals surface area contributed by atoms with Crippen molar-refractivity contribution in [2.24, 2.45) is 0 Å². The summed E-state index contributed by atoms with van der Waals surface area (Å²) >= 11 is 0. The van der Waals surface area contributed by atoms with Gasteiger partial charge in [-0.25, -0.2) is 4.79 Å². The first-order valence-corrected chi connectivity index (χ1v) is 8.08. The summed E-state index contributed by atoms with van der Waals surface area (Å²) in [6.07, 6.45) is -0.306. The summed E-state index contributed by atoms with van der Waals surface area (Å²) < 4.78 is 16.8. The summed E-state index contributed by atoms with van der Waals surface area (Å²) in [4.78, 5) is 48.5. The molecule has 0 radical (unpaired) electrons. The molecule has 0 aliphatic carbocycles. The van der Waals surface area contributed by atoms with Gasteiger partial charge in [-0.15, -0.1) is 0 Å². The number of aromatic amines is 1. The molecule has 146 valence electrons. The molecule has 28 heavy (non-hydrogen) atoms. The molecule has 0 bridgehead atoms. The summed E-state index contributed by atoms with van der Waals surface area (Å²) in [6, 6.07) is 3.23. The van der Waals surface area contributed by atoms with Crippen LogP contribution in [0.4, 0.5) is 0 Å². The Morgan fingerprint density at radius 3 is 2.57 bits per heavy atom. The summed E-state index contributed by atoms with van der Waals surface area (Å²) in [5.41, 5.74) is -2.00. The van der Waals surface area contributed by atoms with Gasteiger partial charge in [-0.2, -0.15) is 10.5 Å². The van der Waals surface area contributed by atoms with E-state index in [2.05, 4.69) is 4.98 Å². The molecule has 0 unspecified atom stereocenters. The van der Waals surface area contributed by atoms with Crippen molar-refractivity contribution in [1.82, 2.24) is 9.55 Å². The molecule has 0 spiro atoms. The van der Waals surface area contributed by atoms with E-state index in [4.69, 9.17) is 24.7 Å². The Balaban J connectivity index is 2.37. The van der Waals surface area contributed by atoms with E-state index in [0.717, 1.165) is 16.8 Å². The molecule has 1 aromatic heterocycles. The van der Waals surface area contributed by atoms with Crippen LogP contribution in [-0.4, -0.2) is 40.3 Å². The number of nitriles is 2. The minimum absolute atomic E-state index is 0.0595. The highest BCUT2D eigenvalue weighted by molar-refractivity contribution is 5.66. The zero-order chi connectivity index (χ0) is 20.8. The maximum atomic E-state index is 12.2. The zero-order valence-electron chi connectivity index (χ0n) is 15.0. The quantitative estimate of drug-likeness (QED) is 0.529. The van der Waals surface area contributed by atoms with Crippen LogP contribution in [0, 0.1) is 22.7 Å². The molecule has 0 saturated carbocycles. The molecule has 11 nitrogen and oxygen atoms in total. The number of aromatic nitrogens is 2. The van der Waals surface area contributed by atoms with Crippen LogP contribution in [0.1, 0.15) is 32.1 Å². The molecule has 2 heterocycles. The molecule has 0 amide bonds. The highest BCUT2D eigenvalue weighted by Crippen LogP contribution is 2.30. The minimum Gasteiger partial charge on any atom is -0.463 e. The summed E-state index contributed by atoms with van der Waals surface area (Å²) in [5, 5.41) is 17.7. The highest BCUT2D eigenvalue weighted by Gasteiger charge is 2.39. The van der Waals surface area contributed by atoms with Gasteiger partial charge in [0.05, 0.1) is 5.56 Å². The lowest BCUT2D eigenvalue weighted by molar-refractivity contribution is -0.155. The van der Waals surface area contributed by atoms with Gasteiger partial charge in [-0.05, 0) is 6.08 Å². The number of hydrogen-bond acceptors (Lipinski definition) is 9. The number of nitrogens with one attached hydrogen (secondary N) is 1. The molecule has 1 saturated heterocycles. The SMILES string of the molecule is CC(=O)OC[C@H]1O[C@@H](n2cc(C=C(C#N)C#N)c(=O)[nH]c2=O)C[C@@H]1OC(C)=O. The van der Waals surface area contributed by atoms with Crippen LogP contribution < -0.4 is 11.2 Å². The van der Waals surface area contributed by atoms with Gasteiger partial charge in [0.15, 0.2) is 0 Å². The fraction of sp³-hybridized carbons (Fsp3) is 0.412. The van der Waals surface area contributed by atoms with E-state index in [9.17, 15) is 19.2 Å². The van der Waals surface area contributed by atoms with Crippen molar-refractivity contribution in [1.29, 1.82) is 10.5 Å². The molecule has 1 aliphatic rings. The minimum atomic E-state index is -0.936. The van der Waals surface area contributed by atoms with Gasteiger partial charge in [-0.1, -0.05) is 0 Å². The molecule has 0 aromatic carbocycles. The summed E-state index contributed by atoms with van der Waals surface area (Å²) in [5.74, 6) is -1.13. The predicted octanol–water partition coefficient (Wildman–Crippen LogP) is -0.251. The molecule has 11 heteroatoms. The Hall–Kier alpha value is -3.70. The number of nitrogens with zero attached hydrogens (tertiary/aromatic N) is 3. The smallest absolute Gasteiger partial charge is 0.330 e. The summed E-state index contributed by atoms with van der Waals surface area (Å²) in [7, 11) is 0. The Morgan fingerprint density at radius 2 is 2.00 bits per heavy atom. The lowest BCUT2D eigenvalue weighted by atomic mass is 10.2. The normalized spacial score (nSPS) is 20.5. The summed E-state index contributed by atoms with van der Waals surface area (Å²) in [6.45, 7) is 2.22. The highest BCUT2D eigenvalue weighted by atomic mass is 16.6. The average Bonchev–Trinajstić information content (AvgIpc) is 3.01. The van der Waals surface area contributed by atoms with Crippen LogP contribution in [-0.2, 0) is 23.8 Å². The topological polar surface area (TPSA) is 164 Å². The Labute approximate surface area is 158 Å². The van der Waals surface area contributed by atoms with E-state index in [0.29, 0.717) is 0 Å². The van der Waals surface area contributed by atoms with Crippen LogP contribution in [0.15, 0.2) is 21.4 Å². The average molecular weight is 388 g/mol. The van der Waals surface area contributed by atoms with Crippen LogP contribution in [0.5, 0.6) is 0 Å². The standard InChI is InChI=1S/C17H16N4O7/c1-9(22)26-8-14-13(27-10(2)23)4-15(28-14)21-7-12(3-11(5-18)6-19)16(24)20-17(21)25/h3,7,13-15H,4,8H2,1-2H3,(H,20,24,25)/t13-,14+,15+/m0/s1. The van der Waals surface area contributed by atoms with Gasteiger partial charge >= 0.3 is 17.6 Å². The van der Waals surface area contributed by atoms with Gasteiger partial charge in [0, 0.05) is 26.5 Å². The van der Waals surface area contributed by atoms with Crippen LogP contribution in [0.2, 0.25) is 0 Å². The van der Waals surface area contributed by atoms with E-state index < -0.39 is 41.6 Å². The first kappa shape index (κ1) is 20.6. The first-order chi connectivity index (χ1) is 13.2. The van der Waals surface area contributed by atoms with E-state index in [1.165, 1.54) is 13.8 Å². The molecular formula is C17H16N4O7. The van der Waals surface area contributed by atoms with Gasteiger partial charge in [0.25, 0.3) is 5.56 Å². The fourth-order valence-corrected chi connectivity index (χ4v) is 2.62. The van der Waals surface area contributed by atoms with Crippen molar-refractivity contribution in [3.8, 4) is 12.1 Å². The molecule has 3 atom stereocenters. The monoisotopic (exact) mass is 388 g/mol. The van der Waals surface area contributed by atoms with Crippen LogP contribution in [0.3, 0.4) is 0 Å². The van der Waals surface area contributed by atoms with Crippen LogP contribution >= 0.6 is 0 Å². The van der Waals surface area contributed by atoms with E-state index in [-0.39, 0.29) is 24.2 Å². The van der Waals surface area contributed by atoms with Gasteiger partial charge in [0.2, 0.25) is 0 Å². The van der Waals surface area contributed by atoms with E-state index >= 15 is 0 Å². The molecule has 1 N–H and O–H groups in total. The number of allylic oxidation sites excluding steroid dienone is 1. The molecule has 1 fully saturated rings. The van der Waals surface area contributed by atoms with Crippen LogP contribution in [0.25, 0.3) is 6.08 Å². The van der Waals surface area contributed by atoms with Gasteiger partial charge in [-0.3, -0.25) is 23.9 Å². The largest absolute Gasteiger partial charge is 0.463 e. The lowest BCUT2D eigenvalue weighted by Gasteiger charge is -2.17. The van der Waals surface area contributed by atoms with E-state index in [1.807, 2.05) is 0 Å². The van der Waals surface area contributed by atoms with Gasteiger partial charge < -0.3 is 14.2 Å². The fourth-order valence-electron chi connectivity index (χ4n) is 2.62. The second kappa shape index (κ2) is 8.79. The Morgan fingerprint density at radius 1 is 1.32 bits per heavy atom. The Kier molecular flexibility index (Phi) is 6.47. The van der Waals surface area contributed by atoms with E-state index in [1.54, 1.807) is 12.1 Å². The number of carbonyl (C=O) groups is 2. The maximum absolute atomic E-state index is 12.2. The third-order valence-electron chi connectivity index (χ3n) is 3.80. The van der Waals surface area contributed by atoms with Crippen molar-refractivity contribution in [3.05, 3.63) is 38.2 Å². The van der Waals surface area contributed by atoms with Crippen molar-refractivity contribution in [2.45, 2.75) is 38.7 Å². The molecule has 1 aromatic rings. The number of carbonyl (C=O) groups excluding carboxylic acids is 2. The predicted molar refractivity (Wildman–Crippen MR) is 91.2 cm³/mol. The second-order valence-electron chi connectivity index (χ2n) is 5.85. The first-order valence-electron chi connectivity index (χ1n) is 8.08. The second-order valence-corrected chi connectivity index (χ2v) is 5.85. The van der Waals surface area contributed by atoms with Crippen molar-refractivity contribution in [3.63, 3.8) is 0 Å². The third kappa shape index (κ3) is 4.93. The molecule has 2 rings (SSSR count). The zero-order valence-corrected chi connectivity index (χ0v) is 15.0. The number of rotatable bonds is 5. The Bertz CT molecular complexity index is 992. The lowest BCUT2D eigenvalue weighted by Crippen LogP contribution is -2.33.